The van der Waals surface area contributed by atoms with Crippen LogP contribution in [0.4, 0.5) is 15.5 Å². The van der Waals surface area contributed by atoms with Crippen LogP contribution in [-0.2, 0) is 30.2 Å². The molecule has 0 saturated carbocycles. The van der Waals surface area contributed by atoms with Gasteiger partial charge in [-0.15, -0.1) is 4.90 Å². The molecule has 0 aliphatic carbocycles. The summed E-state index contributed by atoms with van der Waals surface area (Å²) < 4.78 is 62.8. The molecule has 2 N–H and O–H groups in total. The van der Waals surface area contributed by atoms with E-state index in [1.807, 2.05) is 27.7 Å². The summed E-state index contributed by atoms with van der Waals surface area (Å²) in [6.07, 6.45) is -0.538. The van der Waals surface area contributed by atoms with E-state index in [1.54, 1.807) is 50.0 Å². The number of imide groups is 1. The lowest BCUT2D eigenvalue weighted by atomic mass is 9.90. The predicted molar refractivity (Wildman–Crippen MR) is 190 cm³/mol. The summed E-state index contributed by atoms with van der Waals surface area (Å²) in [7, 11) is -7.90. The largest absolute Gasteiger partial charge is 0.464 e. The van der Waals surface area contributed by atoms with Gasteiger partial charge in [0, 0.05) is 36.6 Å². The fraction of sp³-hybridized carbons (Fsp3) is 0.485. The second kappa shape index (κ2) is 13.4. The number of fused-ring (bicyclic) bond motifs is 3. The van der Waals surface area contributed by atoms with Gasteiger partial charge in [0.05, 0.1) is 16.7 Å². The van der Waals surface area contributed by atoms with E-state index in [1.165, 1.54) is 23.0 Å². The van der Waals surface area contributed by atoms with Crippen LogP contribution in [0.2, 0.25) is 0 Å². The number of aryl methyl sites for hydroxylation is 1. The number of ether oxygens (including phenoxy) is 1. The molecule has 3 aromatic heterocycles. The molecular formula is C33H42N8O8S2. The van der Waals surface area contributed by atoms with Gasteiger partial charge in [-0.2, -0.15) is 5.26 Å². The van der Waals surface area contributed by atoms with Gasteiger partial charge in [0.15, 0.2) is 11.4 Å². The molecule has 0 bridgehead atoms. The van der Waals surface area contributed by atoms with Crippen molar-refractivity contribution in [1.29, 1.82) is 5.26 Å². The Hall–Kier alpha value is -4.73. The maximum absolute atomic E-state index is 14.0. The molecule has 0 spiro atoms. The van der Waals surface area contributed by atoms with Crippen LogP contribution in [-0.4, -0.2) is 83.7 Å². The lowest BCUT2D eigenvalue weighted by Gasteiger charge is -2.36. The van der Waals surface area contributed by atoms with Gasteiger partial charge in [-0.3, -0.25) is 0 Å². The van der Waals surface area contributed by atoms with E-state index in [0.29, 0.717) is 34.3 Å². The first-order valence-corrected chi connectivity index (χ1v) is 19.4. The number of nitrogens with one attached hydrogen (secondary N) is 1. The Bertz CT molecular complexity index is 2250. The normalized spacial score (nSPS) is 14.9. The Balaban J connectivity index is 1.75. The van der Waals surface area contributed by atoms with Gasteiger partial charge in [-0.25, -0.2) is 49.8 Å². The summed E-state index contributed by atoms with van der Waals surface area (Å²) in [5.74, 6) is -1.07. The highest BCUT2D eigenvalue weighted by atomic mass is 32.2. The van der Waals surface area contributed by atoms with Crippen molar-refractivity contribution in [1.82, 2.24) is 23.3 Å². The molecule has 0 radical (unpaired) electrons. The van der Waals surface area contributed by atoms with Gasteiger partial charge in [-0.05, 0) is 64.7 Å². The van der Waals surface area contributed by atoms with Gasteiger partial charge in [-0.1, -0.05) is 38.5 Å². The zero-order valence-corrected chi connectivity index (χ0v) is 31.2. The van der Waals surface area contributed by atoms with E-state index in [0.717, 1.165) is 9.54 Å². The summed E-state index contributed by atoms with van der Waals surface area (Å²) >= 11 is 0. The van der Waals surface area contributed by atoms with Crippen molar-refractivity contribution < 1.29 is 36.3 Å². The number of hydrogen-bond acceptors (Lipinski definition) is 11. The van der Waals surface area contributed by atoms with Crippen molar-refractivity contribution in [2.45, 2.75) is 77.2 Å². The van der Waals surface area contributed by atoms with E-state index in [4.69, 9.17) is 20.0 Å². The second-order valence-electron chi connectivity index (χ2n) is 14.6. The van der Waals surface area contributed by atoms with E-state index < -0.39 is 49.0 Å². The molecule has 1 aliphatic heterocycles. The molecule has 1 fully saturated rings. The number of nitrogens with zero attached hydrogens (tertiary/aromatic N) is 7. The number of rotatable bonds is 8. The summed E-state index contributed by atoms with van der Waals surface area (Å²) in [5, 5.41) is 21.4. The Morgan fingerprint density at radius 1 is 1.04 bits per heavy atom. The first kappa shape index (κ1) is 37.5. The Labute approximate surface area is 296 Å². The van der Waals surface area contributed by atoms with E-state index >= 15 is 0 Å². The SMILES string of the molecule is Cc1ccc(S(=O)(=O)n2ccc3c2nc(C(C)(C)C)c2nc(N(C(=O)O)C(=O)OC(C)(C)C)n(N4CCC(CNS(=O)(=O)CC#N)CC4)c23)cc1. The van der Waals surface area contributed by atoms with Gasteiger partial charge >= 0.3 is 12.2 Å². The lowest BCUT2D eigenvalue weighted by Crippen LogP contribution is -2.48. The minimum Gasteiger partial charge on any atom is -0.464 e. The highest BCUT2D eigenvalue weighted by Crippen LogP contribution is 2.38. The molecule has 2 amide bonds. The highest BCUT2D eigenvalue weighted by molar-refractivity contribution is 7.90. The number of piperidine rings is 1. The average molecular weight is 743 g/mol. The Morgan fingerprint density at radius 2 is 1.67 bits per heavy atom. The number of carboxylic acid groups (broad SMARTS) is 1. The first-order chi connectivity index (χ1) is 23.6. The van der Waals surface area contributed by atoms with Gasteiger partial charge in [0.25, 0.3) is 10.0 Å². The molecule has 1 aliphatic rings. The standard InChI is InChI=1S/C33H42N8O8S2/c1-21-8-10-23(11-9-21)51(47,48)39-18-14-24-26-25(27(32(2,3)4)37-28(24)39)36-29(40(30(42)43)31(44)49-33(5,6)7)41(26)38-16-12-22(13-17-38)20-35-50(45,46)19-15-34/h8-11,14,18,22,35H,12-13,16-17,19-20H2,1-7H3,(H,42,43). The number of hydrogen-bond donors (Lipinski definition) is 2. The Kier molecular flexibility index (Phi) is 9.88. The average Bonchev–Trinajstić information content (AvgIpc) is 3.61. The third-order valence-electron chi connectivity index (χ3n) is 8.34. The van der Waals surface area contributed by atoms with Gasteiger partial charge < -0.3 is 14.9 Å². The lowest BCUT2D eigenvalue weighted by molar-refractivity contribution is 0.0578. The minimum absolute atomic E-state index is 0.0495. The summed E-state index contributed by atoms with van der Waals surface area (Å²) in [6.45, 7) is 12.9. The molecule has 0 unspecified atom stereocenters. The smallest absolute Gasteiger partial charge is 0.427 e. The number of amides is 2. The van der Waals surface area contributed by atoms with Crippen LogP contribution >= 0.6 is 0 Å². The van der Waals surface area contributed by atoms with Crippen molar-refractivity contribution >= 4 is 60.2 Å². The number of anilines is 1. The van der Waals surface area contributed by atoms with E-state index in [2.05, 4.69) is 4.72 Å². The van der Waals surface area contributed by atoms with Crippen LogP contribution in [0.5, 0.6) is 0 Å². The molecule has 51 heavy (non-hydrogen) atoms. The molecule has 16 nitrogen and oxygen atoms in total. The molecular weight excluding hydrogens is 701 g/mol. The quantitative estimate of drug-likeness (QED) is 0.257. The van der Waals surface area contributed by atoms with Crippen LogP contribution in [0, 0.1) is 24.2 Å². The van der Waals surface area contributed by atoms with Crippen molar-refractivity contribution in [3.8, 4) is 6.07 Å². The van der Waals surface area contributed by atoms with Crippen molar-refractivity contribution in [3.05, 3.63) is 47.8 Å². The second-order valence-corrected chi connectivity index (χ2v) is 18.2. The van der Waals surface area contributed by atoms with Crippen LogP contribution in [0.15, 0.2) is 41.4 Å². The summed E-state index contributed by atoms with van der Waals surface area (Å²) in [5.41, 5.74) is 0.138. The molecule has 1 aromatic carbocycles. The first-order valence-electron chi connectivity index (χ1n) is 16.3. The summed E-state index contributed by atoms with van der Waals surface area (Å²) in [6, 6.07) is 9.62. The number of nitriles is 1. The molecule has 5 rings (SSSR count). The number of imidazole rings is 1. The maximum Gasteiger partial charge on any atom is 0.427 e. The predicted octanol–water partition coefficient (Wildman–Crippen LogP) is 4.44. The fourth-order valence-corrected chi connectivity index (χ4v) is 7.93. The molecule has 0 atom stereocenters. The number of aromatic nitrogens is 4. The van der Waals surface area contributed by atoms with Crippen molar-refractivity contribution in [2.75, 3.05) is 35.3 Å². The van der Waals surface area contributed by atoms with E-state index in [9.17, 15) is 31.5 Å². The highest BCUT2D eigenvalue weighted by Gasteiger charge is 2.38. The van der Waals surface area contributed by atoms with Crippen LogP contribution in [0.3, 0.4) is 0 Å². The number of pyridine rings is 1. The monoisotopic (exact) mass is 742 g/mol. The number of carbonyl (C=O) groups is 2. The van der Waals surface area contributed by atoms with Gasteiger partial charge in [0.2, 0.25) is 16.0 Å². The van der Waals surface area contributed by atoms with Crippen LogP contribution < -0.4 is 14.6 Å². The molecule has 4 heterocycles. The number of carbonyl (C=O) groups excluding carboxylic acids is 1. The molecule has 1 saturated heterocycles. The van der Waals surface area contributed by atoms with Crippen LogP contribution in [0.25, 0.3) is 22.1 Å². The van der Waals surface area contributed by atoms with Crippen LogP contribution in [0.1, 0.15) is 65.6 Å². The maximum atomic E-state index is 14.0. The zero-order valence-electron chi connectivity index (χ0n) is 29.5. The molecule has 4 aromatic rings. The van der Waals surface area contributed by atoms with Gasteiger partial charge in [0.1, 0.15) is 16.6 Å². The molecule has 18 heteroatoms. The van der Waals surface area contributed by atoms with E-state index in [-0.39, 0.29) is 47.6 Å². The summed E-state index contributed by atoms with van der Waals surface area (Å²) in [4.78, 5) is 36.4. The van der Waals surface area contributed by atoms with Crippen molar-refractivity contribution in [2.24, 2.45) is 5.92 Å². The molecule has 274 valence electrons. The number of benzene rings is 1. The third kappa shape index (κ3) is 7.65. The van der Waals surface area contributed by atoms with Crippen molar-refractivity contribution in [3.63, 3.8) is 0 Å². The topological polar surface area (TPSA) is 210 Å². The fourth-order valence-electron chi connectivity index (χ4n) is 5.88. The number of sulfonamides is 1. The zero-order chi connectivity index (χ0) is 37.7. The Morgan fingerprint density at radius 3 is 2.22 bits per heavy atom. The minimum atomic E-state index is -4.14. The third-order valence-corrected chi connectivity index (χ3v) is 11.1.